The van der Waals surface area contributed by atoms with E-state index in [0.717, 1.165) is 0 Å². The van der Waals surface area contributed by atoms with Crippen LogP contribution in [0.5, 0.6) is 11.5 Å². The third kappa shape index (κ3) is 4.53. The summed E-state index contributed by atoms with van der Waals surface area (Å²) in [6.07, 6.45) is 0. The van der Waals surface area contributed by atoms with Crippen molar-refractivity contribution in [3.63, 3.8) is 0 Å². The molecule has 0 N–H and O–H groups in total. The van der Waals surface area contributed by atoms with Gasteiger partial charge in [0.15, 0.2) is 0 Å². The van der Waals surface area contributed by atoms with Gasteiger partial charge in [-0.15, -0.1) is 0 Å². The molecule has 142 valence electrons. The van der Waals surface area contributed by atoms with Gasteiger partial charge in [0.1, 0.15) is 17.2 Å². The number of carbonyl (C=O) groups is 1. The average Bonchev–Trinajstić information content (AvgIpc) is 2.70. The number of ether oxygens (including phenoxy) is 3. The molecule has 1 fully saturated rings. The fraction of sp³-hybridized carbons (Fsp3) is 0.316. The van der Waals surface area contributed by atoms with Crippen molar-refractivity contribution in [2.75, 3.05) is 37.8 Å². The molecule has 0 unspecified atom stereocenters. The van der Waals surface area contributed by atoms with Gasteiger partial charge in [-0.05, 0) is 43.3 Å². The fourth-order valence-electron chi connectivity index (χ4n) is 2.80. The number of hydrogen-bond donors (Lipinski definition) is 0. The van der Waals surface area contributed by atoms with Gasteiger partial charge in [0, 0.05) is 19.2 Å². The van der Waals surface area contributed by atoms with Crippen LogP contribution in [0.4, 0.5) is 11.4 Å². The zero-order valence-corrected chi connectivity index (χ0v) is 14.9. The molecule has 27 heavy (non-hydrogen) atoms. The van der Waals surface area contributed by atoms with Crippen molar-refractivity contribution >= 4 is 17.3 Å². The van der Waals surface area contributed by atoms with E-state index in [2.05, 4.69) is 0 Å². The minimum absolute atomic E-state index is 0.118. The third-order valence-electron chi connectivity index (χ3n) is 4.10. The second kappa shape index (κ2) is 8.50. The maximum Gasteiger partial charge on any atom is 0.343 e. The number of esters is 1. The number of carbonyl (C=O) groups excluding carboxylic acids is 1. The summed E-state index contributed by atoms with van der Waals surface area (Å²) in [6.45, 7) is 4.57. The molecule has 0 amide bonds. The zero-order chi connectivity index (χ0) is 19.2. The van der Waals surface area contributed by atoms with Gasteiger partial charge in [0.05, 0.1) is 30.3 Å². The Balaban J connectivity index is 1.78. The molecule has 0 aliphatic carbocycles. The van der Waals surface area contributed by atoms with E-state index in [9.17, 15) is 14.9 Å². The Kier molecular flexibility index (Phi) is 5.87. The van der Waals surface area contributed by atoms with Crippen LogP contribution < -0.4 is 14.4 Å². The van der Waals surface area contributed by atoms with Crippen molar-refractivity contribution in [2.45, 2.75) is 6.92 Å². The Bertz CT molecular complexity index is 815. The molecule has 1 aliphatic rings. The number of morpholine rings is 1. The highest BCUT2D eigenvalue weighted by Crippen LogP contribution is 2.30. The third-order valence-corrected chi connectivity index (χ3v) is 4.10. The Hall–Kier alpha value is -3.13. The molecule has 3 rings (SSSR count). The van der Waals surface area contributed by atoms with Crippen LogP contribution >= 0.6 is 0 Å². The van der Waals surface area contributed by atoms with E-state index in [-0.39, 0.29) is 11.3 Å². The minimum Gasteiger partial charge on any atom is -0.494 e. The summed E-state index contributed by atoms with van der Waals surface area (Å²) in [5.74, 6) is 0.349. The lowest BCUT2D eigenvalue weighted by atomic mass is 10.1. The molecule has 0 atom stereocenters. The maximum atomic E-state index is 12.4. The van der Waals surface area contributed by atoms with Gasteiger partial charge in [-0.3, -0.25) is 10.1 Å². The van der Waals surface area contributed by atoms with Crippen molar-refractivity contribution < 1.29 is 23.9 Å². The predicted octanol–water partition coefficient (Wildman–Crippen LogP) is 3.05. The van der Waals surface area contributed by atoms with Crippen LogP contribution in [0.15, 0.2) is 42.5 Å². The van der Waals surface area contributed by atoms with Crippen LogP contribution in [0.1, 0.15) is 17.3 Å². The molecule has 1 saturated heterocycles. The normalized spacial score (nSPS) is 13.9. The topological polar surface area (TPSA) is 91.1 Å². The SMILES string of the molecule is CCOc1ccc(OC(=O)c2ccc(N3CCOCC3)c([N+](=O)[O-])c2)cc1. The van der Waals surface area contributed by atoms with Crippen LogP contribution in [0.2, 0.25) is 0 Å². The monoisotopic (exact) mass is 372 g/mol. The summed E-state index contributed by atoms with van der Waals surface area (Å²) in [6, 6.07) is 11.0. The second-order valence-electron chi connectivity index (χ2n) is 5.85. The van der Waals surface area contributed by atoms with E-state index >= 15 is 0 Å². The quantitative estimate of drug-likeness (QED) is 0.333. The molecule has 0 radical (unpaired) electrons. The predicted molar refractivity (Wildman–Crippen MR) is 98.7 cm³/mol. The van der Waals surface area contributed by atoms with Crippen molar-refractivity contribution in [1.82, 2.24) is 0 Å². The second-order valence-corrected chi connectivity index (χ2v) is 5.85. The minimum atomic E-state index is -0.657. The van der Waals surface area contributed by atoms with Gasteiger partial charge in [-0.1, -0.05) is 0 Å². The molecule has 0 aromatic heterocycles. The highest BCUT2D eigenvalue weighted by atomic mass is 16.6. The van der Waals surface area contributed by atoms with Gasteiger partial charge in [0.2, 0.25) is 0 Å². The van der Waals surface area contributed by atoms with Crippen LogP contribution in [0.25, 0.3) is 0 Å². The van der Waals surface area contributed by atoms with Crippen molar-refractivity contribution in [3.05, 3.63) is 58.1 Å². The lowest BCUT2D eigenvalue weighted by Crippen LogP contribution is -2.36. The molecule has 1 aliphatic heterocycles. The summed E-state index contributed by atoms with van der Waals surface area (Å²) in [7, 11) is 0. The summed E-state index contributed by atoms with van der Waals surface area (Å²) >= 11 is 0. The summed E-state index contributed by atoms with van der Waals surface area (Å²) < 4.78 is 15.9. The van der Waals surface area contributed by atoms with E-state index < -0.39 is 10.9 Å². The summed E-state index contributed by atoms with van der Waals surface area (Å²) in [5.41, 5.74) is 0.464. The standard InChI is InChI=1S/C19H20N2O6/c1-2-26-15-4-6-16(7-5-15)27-19(22)14-3-8-17(18(13-14)21(23)24)20-9-11-25-12-10-20/h3-8,13H,2,9-12H2,1H3. The van der Waals surface area contributed by atoms with Gasteiger partial charge in [0.25, 0.3) is 5.69 Å². The van der Waals surface area contributed by atoms with E-state index in [1.807, 2.05) is 11.8 Å². The van der Waals surface area contributed by atoms with E-state index in [4.69, 9.17) is 14.2 Å². The van der Waals surface area contributed by atoms with Crippen LogP contribution in [0.3, 0.4) is 0 Å². The molecule has 2 aromatic rings. The van der Waals surface area contributed by atoms with Gasteiger partial charge < -0.3 is 19.1 Å². The molecule has 8 nitrogen and oxygen atoms in total. The Morgan fingerprint density at radius 3 is 2.44 bits per heavy atom. The fourth-order valence-corrected chi connectivity index (χ4v) is 2.80. The van der Waals surface area contributed by atoms with Gasteiger partial charge >= 0.3 is 5.97 Å². The number of anilines is 1. The van der Waals surface area contributed by atoms with Crippen LogP contribution in [-0.2, 0) is 4.74 Å². The first kappa shape index (κ1) is 18.7. The number of nitro groups is 1. The highest BCUT2D eigenvalue weighted by Gasteiger charge is 2.24. The summed E-state index contributed by atoms with van der Waals surface area (Å²) in [4.78, 5) is 25.2. The van der Waals surface area contributed by atoms with E-state index in [1.165, 1.54) is 12.1 Å². The lowest BCUT2D eigenvalue weighted by molar-refractivity contribution is -0.384. The molecular weight excluding hydrogens is 352 g/mol. The van der Waals surface area contributed by atoms with Crippen LogP contribution in [0, 0.1) is 10.1 Å². The molecule has 0 spiro atoms. The smallest absolute Gasteiger partial charge is 0.343 e. The Morgan fingerprint density at radius 1 is 1.15 bits per heavy atom. The van der Waals surface area contributed by atoms with Crippen molar-refractivity contribution in [3.8, 4) is 11.5 Å². The number of hydrogen-bond acceptors (Lipinski definition) is 7. The first-order valence-electron chi connectivity index (χ1n) is 8.64. The number of nitro benzene ring substituents is 1. The molecule has 2 aromatic carbocycles. The number of benzene rings is 2. The zero-order valence-electron chi connectivity index (χ0n) is 14.9. The molecule has 0 bridgehead atoms. The Labute approximate surface area is 156 Å². The molecule has 8 heteroatoms. The first-order valence-corrected chi connectivity index (χ1v) is 8.64. The molecular formula is C19H20N2O6. The lowest BCUT2D eigenvalue weighted by Gasteiger charge is -2.28. The van der Waals surface area contributed by atoms with Gasteiger partial charge in [-0.2, -0.15) is 0 Å². The molecule has 1 heterocycles. The van der Waals surface area contributed by atoms with E-state index in [0.29, 0.717) is 50.1 Å². The molecule has 0 saturated carbocycles. The largest absolute Gasteiger partial charge is 0.494 e. The van der Waals surface area contributed by atoms with Crippen molar-refractivity contribution in [2.24, 2.45) is 0 Å². The number of nitrogens with zero attached hydrogens (tertiary/aromatic N) is 2. The summed E-state index contributed by atoms with van der Waals surface area (Å²) in [5, 5.41) is 11.5. The Morgan fingerprint density at radius 2 is 1.81 bits per heavy atom. The highest BCUT2D eigenvalue weighted by molar-refractivity contribution is 5.93. The van der Waals surface area contributed by atoms with Crippen LogP contribution in [-0.4, -0.2) is 43.8 Å². The van der Waals surface area contributed by atoms with E-state index in [1.54, 1.807) is 30.3 Å². The maximum absolute atomic E-state index is 12.4. The number of rotatable bonds is 6. The average molecular weight is 372 g/mol. The first-order chi connectivity index (χ1) is 13.1. The van der Waals surface area contributed by atoms with Gasteiger partial charge in [-0.25, -0.2) is 4.79 Å². The van der Waals surface area contributed by atoms with Crippen molar-refractivity contribution in [1.29, 1.82) is 0 Å².